The lowest BCUT2D eigenvalue weighted by atomic mass is 10.1. The fourth-order valence-corrected chi connectivity index (χ4v) is 3.25. The van der Waals surface area contributed by atoms with Gasteiger partial charge >= 0.3 is 6.18 Å². The fourth-order valence-electron chi connectivity index (χ4n) is 3.25. The second-order valence-electron chi connectivity index (χ2n) is 6.45. The number of allylic oxidation sites excluding steroid dienone is 1. The third-order valence-corrected chi connectivity index (χ3v) is 4.66. The summed E-state index contributed by atoms with van der Waals surface area (Å²) in [4.78, 5) is 27.8. The van der Waals surface area contributed by atoms with Crippen LogP contribution in [0.5, 0.6) is 0 Å². The number of aromatic carboxylic acids is 1. The summed E-state index contributed by atoms with van der Waals surface area (Å²) in [5, 5.41) is 11.0. The van der Waals surface area contributed by atoms with Crippen LogP contribution in [0.15, 0.2) is 47.3 Å². The molecular formula is C20H12F3N2O3-. The van der Waals surface area contributed by atoms with Crippen LogP contribution in [0, 0.1) is 0 Å². The van der Waals surface area contributed by atoms with Gasteiger partial charge in [-0.3, -0.25) is 9.36 Å². The first-order valence-electron chi connectivity index (χ1n) is 8.38. The molecule has 0 atom stereocenters. The maximum Gasteiger partial charge on any atom is 0.416 e. The molecule has 142 valence electrons. The molecule has 3 aromatic rings. The van der Waals surface area contributed by atoms with E-state index in [2.05, 4.69) is 4.98 Å². The normalized spacial score (nSPS) is 15.2. The largest absolute Gasteiger partial charge is 0.545 e. The van der Waals surface area contributed by atoms with E-state index in [1.54, 1.807) is 18.2 Å². The van der Waals surface area contributed by atoms with Crippen LogP contribution in [-0.4, -0.2) is 15.5 Å². The van der Waals surface area contributed by atoms with Gasteiger partial charge in [-0.05, 0) is 47.4 Å². The Hall–Kier alpha value is -3.42. The lowest BCUT2D eigenvalue weighted by Crippen LogP contribution is -2.21. The number of aromatic nitrogens is 2. The first kappa shape index (κ1) is 18.0. The average molecular weight is 385 g/mol. The fraction of sp³-hybridized carbons (Fsp3) is 0.150. The predicted octanol–water partition coefficient (Wildman–Crippen LogP) is 2.72. The zero-order valence-electron chi connectivity index (χ0n) is 14.3. The molecule has 0 saturated carbocycles. The van der Waals surface area contributed by atoms with Crippen LogP contribution in [0.25, 0.3) is 22.6 Å². The van der Waals surface area contributed by atoms with Gasteiger partial charge in [0.05, 0.1) is 22.4 Å². The van der Waals surface area contributed by atoms with Crippen LogP contribution >= 0.6 is 0 Å². The van der Waals surface area contributed by atoms with E-state index in [4.69, 9.17) is 0 Å². The molecule has 1 aliphatic rings. The summed E-state index contributed by atoms with van der Waals surface area (Å²) in [6, 6.07) is 8.87. The SMILES string of the molecule is O=C([O-])c1ccc(/C=C2\CCn3c2nc2cc(C(F)(F)F)ccc2c3=O)cc1. The van der Waals surface area contributed by atoms with Gasteiger partial charge in [0.1, 0.15) is 5.82 Å². The third kappa shape index (κ3) is 3.06. The lowest BCUT2D eigenvalue weighted by molar-refractivity contribution is -0.255. The van der Waals surface area contributed by atoms with Gasteiger partial charge in [0.2, 0.25) is 0 Å². The van der Waals surface area contributed by atoms with Crippen molar-refractivity contribution < 1.29 is 23.1 Å². The molecule has 8 heteroatoms. The van der Waals surface area contributed by atoms with E-state index >= 15 is 0 Å². The Morgan fingerprint density at radius 2 is 1.86 bits per heavy atom. The Bertz CT molecular complexity index is 1190. The summed E-state index contributed by atoms with van der Waals surface area (Å²) in [6.45, 7) is 0.376. The number of hydrogen-bond acceptors (Lipinski definition) is 4. The molecule has 5 nitrogen and oxygen atoms in total. The molecule has 0 N–H and O–H groups in total. The highest BCUT2D eigenvalue weighted by atomic mass is 19.4. The molecule has 1 aliphatic heterocycles. The van der Waals surface area contributed by atoms with E-state index in [0.717, 1.165) is 18.2 Å². The molecule has 0 spiro atoms. The minimum atomic E-state index is -4.52. The minimum absolute atomic E-state index is 0.00817. The Balaban J connectivity index is 1.82. The molecule has 0 radical (unpaired) electrons. The molecule has 2 aromatic carbocycles. The number of alkyl halides is 3. The van der Waals surface area contributed by atoms with E-state index in [1.807, 2.05) is 0 Å². The van der Waals surface area contributed by atoms with Crippen molar-refractivity contribution in [1.29, 1.82) is 0 Å². The number of carboxylic acid groups (broad SMARTS) is 1. The van der Waals surface area contributed by atoms with Gasteiger partial charge in [0.25, 0.3) is 5.56 Å². The number of nitrogens with zero attached hydrogens (tertiary/aromatic N) is 2. The van der Waals surface area contributed by atoms with Crippen molar-refractivity contribution in [3.63, 3.8) is 0 Å². The number of fused-ring (bicyclic) bond motifs is 2. The van der Waals surface area contributed by atoms with Crippen molar-refractivity contribution in [3.8, 4) is 0 Å². The lowest BCUT2D eigenvalue weighted by Gasteiger charge is -2.09. The monoisotopic (exact) mass is 385 g/mol. The van der Waals surface area contributed by atoms with Crippen molar-refractivity contribution in [2.45, 2.75) is 19.1 Å². The highest BCUT2D eigenvalue weighted by molar-refractivity contribution is 5.88. The average Bonchev–Trinajstić information content (AvgIpc) is 3.04. The zero-order chi connectivity index (χ0) is 20.1. The summed E-state index contributed by atoms with van der Waals surface area (Å²) in [5.41, 5.74) is 0.160. The smallest absolute Gasteiger partial charge is 0.416 e. The Kier molecular flexibility index (Phi) is 4.06. The molecule has 0 unspecified atom stereocenters. The molecule has 0 bridgehead atoms. The van der Waals surface area contributed by atoms with Gasteiger partial charge in [-0.15, -0.1) is 0 Å². The van der Waals surface area contributed by atoms with Crippen LogP contribution < -0.4 is 10.7 Å². The third-order valence-electron chi connectivity index (χ3n) is 4.66. The van der Waals surface area contributed by atoms with Gasteiger partial charge in [-0.2, -0.15) is 13.2 Å². The first-order chi connectivity index (χ1) is 13.2. The van der Waals surface area contributed by atoms with Gasteiger partial charge in [-0.25, -0.2) is 4.98 Å². The van der Waals surface area contributed by atoms with Gasteiger partial charge in [0, 0.05) is 6.54 Å². The van der Waals surface area contributed by atoms with Gasteiger partial charge in [-0.1, -0.05) is 24.3 Å². The maximum atomic E-state index is 13.0. The van der Waals surface area contributed by atoms with Crippen molar-refractivity contribution in [2.75, 3.05) is 0 Å². The van der Waals surface area contributed by atoms with Crippen molar-refractivity contribution in [3.05, 3.63) is 75.3 Å². The Labute approximate surface area is 156 Å². The zero-order valence-corrected chi connectivity index (χ0v) is 14.3. The predicted molar refractivity (Wildman–Crippen MR) is 94.3 cm³/mol. The summed E-state index contributed by atoms with van der Waals surface area (Å²) < 4.78 is 40.4. The van der Waals surface area contributed by atoms with Crippen molar-refractivity contribution >= 4 is 28.5 Å². The summed E-state index contributed by atoms with van der Waals surface area (Å²) in [5.74, 6) is -0.966. The molecule has 4 rings (SSSR count). The topological polar surface area (TPSA) is 75.0 Å². The molecule has 0 saturated heterocycles. The molecule has 28 heavy (non-hydrogen) atoms. The molecular weight excluding hydrogens is 373 g/mol. The molecule has 0 fully saturated rings. The first-order valence-corrected chi connectivity index (χ1v) is 8.38. The van der Waals surface area contributed by atoms with Crippen molar-refractivity contribution in [1.82, 2.24) is 9.55 Å². The Morgan fingerprint density at radius 3 is 2.50 bits per heavy atom. The second kappa shape index (κ2) is 6.33. The van der Waals surface area contributed by atoms with Crippen LogP contribution in [0.3, 0.4) is 0 Å². The van der Waals surface area contributed by atoms with Crippen LogP contribution in [0.4, 0.5) is 13.2 Å². The number of benzene rings is 2. The summed E-state index contributed by atoms with van der Waals surface area (Å²) in [7, 11) is 0. The van der Waals surface area contributed by atoms with E-state index in [9.17, 15) is 27.9 Å². The van der Waals surface area contributed by atoms with E-state index in [1.165, 1.54) is 16.7 Å². The number of carbonyl (C=O) groups is 1. The minimum Gasteiger partial charge on any atom is -0.545 e. The maximum absolute atomic E-state index is 13.0. The molecule has 2 heterocycles. The summed E-state index contributed by atoms with van der Waals surface area (Å²) in [6.07, 6.45) is -2.29. The number of halogens is 3. The van der Waals surface area contributed by atoms with Crippen molar-refractivity contribution in [2.24, 2.45) is 0 Å². The number of carbonyl (C=O) groups excluding carboxylic acids is 1. The second-order valence-corrected chi connectivity index (χ2v) is 6.45. The standard InChI is InChI=1S/C20H13F3N2O3/c21-20(22,23)14-5-6-15-16(10-14)24-17-13(7-8-25(17)18(15)26)9-11-1-3-12(4-2-11)19(27)28/h1-6,9-10H,7-8H2,(H,27,28)/p-1/b13-9+. The van der Waals surface area contributed by atoms with Crippen LogP contribution in [0.2, 0.25) is 0 Å². The van der Waals surface area contributed by atoms with Gasteiger partial charge in [0.15, 0.2) is 0 Å². The van der Waals surface area contributed by atoms with E-state index < -0.39 is 17.7 Å². The number of hydrogen-bond donors (Lipinski definition) is 0. The van der Waals surface area contributed by atoms with E-state index in [0.29, 0.717) is 29.9 Å². The summed E-state index contributed by atoms with van der Waals surface area (Å²) >= 11 is 0. The molecule has 0 aliphatic carbocycles. The quantitative estimate of drug-likeness (QED) is 0.680. The van der Waals surface area contributed by atoms with Gasteiger partial charge < -0.3 is 9.90 Å². The molecule has 1 aromatic heterocycles. The van der Waals surface area contributed by atoms with Crippen LogP contribution in [0.1, 0.15) is 33.7 Å². The highest BCUT2D eigenvalue weighted by Gasteiger charge is 2.31. The number of carboxylic acids is 1. The molecule has 0 amide bonds. The Morgan fingerprint density at radius 1 is 1.14 bits per heavy atom. The number of rotatable bonds is 2. The highest BCUT2D eigenvalue weighted by Crippen LogP contribution is 2.32. The van der Waals surface area contributed by atoms with Crippen LogP contribution in [-0.2, 0) is 12.7 Å². The van der Waals surface area contributed by atoms with E-state index in [-0.39, 0.29) is 22.0 Å².